The van der Waals surface area contributed by atoms with Crippen molar-refractivity contribution in [1.82, 2.24) is 5.32 Å². The minimum atomic E-state index is -1.92. The second kappa shape index (κ2) is 9.15. The predicted octanol–water partition coefficient (Wildman–Crippen LogP) is 6.42. The highest BCUT2D eigenvalue weighted by atomic mass is 35.5. The number of amides is 1. The van der Waals surface area contributed by atoms with Crippen molar-refractivity contribution in [1.29, 1.82) is 0 Å². The minimum Gasteiger partial charge on any atom is -0.546 e. The van der Waals surface area contributed by atoms with Gasteiger partial charge in [0.15, 0.2) is 0 Å². The summed E-state index contributed by atoms with van der Waals surface area (Å²) in [6.45, 7) is 18.0. The molecule has 0 heterocycles. The van der Waals surface area contributed by atoms with Crippen LogP contribution in [0, 0.1) is 0 Å². The number of allylic oxidation sites excluding steroid dienone is 4. The highest BCUT2D eigenvalue weighted by molar-refractivity contribution is 6.70. The number of alkyl carbamates (subject to hydrolysis) is 1. The number of nitrogens with one attached hydrogen (secondary N) is 1. The standard InChI is InChI=1S/C21H34ClNO3Si/c1-9-10-13-17(22)16(2)21(23-19(24)25-20(3,4)5)15-12-11-14-18(21)26-27(6,7)8/h9-10,13-14H,2,11-12,15H2,1,3-8H3,(H,23,24)/b10-9-,17-13+/t21-/m1/s1. The number of halogens is 1. The maximum absolute atomic E-state index is 12.7. The van der Waals surface area contributed by atoms with Crippen LogP contribution in [0.4, 0.5) is 4.79 Å². The zero-order chi connectivity index (χ0) is 20.9. The highest BCUT2D eigenvalue weighted by Gasteiger charge is 2.44. The summed E-state index contributed by atoms with van der Waals surface area (Å²) < 4.78 is 11.9. The number of rotatable bonds is 6. The van der Waals surface area contributed by atoms with Crippen molar-refractivity contribution < 1.29 is 14.0 Å². The molecule has 0 fully saturated rings. The monoisotopic (exact) mass is 411 g/mol. The van der Waals surface area contributed by atoms with Crippen LogP contribution in [0.2, 0.25) is 19.6 Å². The van der Waals surface area contributed by atoms with E-state index in [1.54, 1.807) is 6.08 Å². The zero-order valence-corrected chi connectivity index (χ0v) is 19.5. The quantitative estimate of drug-likeness (QED) is 0.405. The predicted molar refractivity (Wildman–Crippen MR) is 116 cm³/mol. The molecule has 0 aromatic heterocycles. The molecule has 0 saturated heterocycles. The van der Waals surface area contributed by atoms with Crippen molar-refractivity contribution in [2.24, 2.45) is 0 Å². The van der Waals surface area contributed by atoms with Crippen LogP contribution in [-0.4, -0.2) is 25.6 Å². The SMILES string of the molecule is C=C(/C(Cl)=C\C=C/C)[C@]1(NC(=O)OC(C)(C)C)CCCC=C1O[Si](C)(C)C. The third-order valence-electron chi connectivity index (χ3n) is 3.88. The van der Waals surface area contributed by atoms with Crippen LogP contribution in [-0.2, 0) is 9.16 Å². The molecule has 1 aliphatic carbocycles. The third-order valence-corrected chi connectivity index (χ3v) is 5.06. The Balaban J connectivity index is 3.37. The number of carbonyl (C=O) groups excluding carboxylic acids is 1. The van der Waals surface area contributed by atoms with Crippen LogP contribution in [0.3, 0.4) is 0 Å². The Morgan fingerprint density at radius 3 is 2.52 bits per heavy atom. The lowest BCUT2D eigenvalue weighted by Crippen LogP contribution is -2.55. The fraction of sp³-hybridized carbons (Fsp3) is 0.571. The van der Waals surface area contributed by atoms with Gasteiger partial charge in [0, 0.05) is 5.03 Å². The van der Waals surface area contributed by atoms with Gasteiger partial charge in [0.1, 0.15) is 16.9 Å². The van der Waals surface area contributed by atoms with Gasteiger partial charge in [0.2, 0.25) is 8.32 Å². The van der Waals surface area contributed by atoms with Gasteiger partial charge in [0.05, 0.1) is 0 Å². The molecule has 152 valence electrons. The van der Waals surface area contributed by atoms with Crippen LogP contribution in [0.15, 0.2) is 47.2 Å². The van der Waals surface area contributed by atoms with Gasteiger partial charge in [-0.2, -0.15) is 0 Å². The van der Waals surface area contributed by atoms with E-state index < -0.39 is 25.6 Å². The molecular formula is C21H34ClNO3Si. The Morgan fingerprint density at radius 1 is 1.37 bits per heavy atom. The molecule has 0 radical (unpaired) electrons. The zero-order valence-electron chi connectivity index (χ0n) is 17.7. The smallest absolute Gasteiger partial charge is 0.408 e. The molecule has 1 N–H and O–H groups in total. The average molecular weight is 412 g/mol. The van der Waals surface area contributed by atoms with E-state index >= 15 is 0 Å². The average Bonchev–Trinajstić information content (AvgIpc) is 2.50. The molecule has 4 nitrogen and oxygen atoms in total. The lowest BCUT2D eigenvalue weighted by Gasteiger charge is -2.43. The molecular weight excluding hydrogens is 378 g/mol. The van der Waals surface area contributed by atoms with Crippen molar-refractivity contribution >= 4 is 26.0 Å². The minimum absolute atomic E-state index is 0.483. The van der Waals surface area contributed by atoms with E-state index in [4.69, 9.17) is 20.8 Å². The van der Waals surface area contributed by atoms with E-state index in [0.717, 1.165) is 18.6 Å². The summed E-state index contributed by atoms with van der Waals surface area (Å²) in [5, 5.41) is 3.52. The van der Waals surface area contributed by atoms with Crippen molar-refractivity contribution in [3.8, 4) is 0 Å². The second-order valence-electron chi connectivity index (χ2n) is 8.73. The third kappa shape index (κ3) is 7.22. The van der Waals surface area contributed by atoms with Crippen molar-refractivity contribution in [2.45, 2.75) is 77.7 Å². The molecule has 0 aliphatic heterocycles. The Kier molecular flexibility index (Phi) is 7.99. The number of hydrogen-bond acceptors (Lipinski definition) is 3. The van der Waals surface area contributed by atoms with Gasteiger partial charge in [-0.3, -0.25) is 0 Å². The number of ether oxygens (including phenoxy) is 1. The molecule has 6 heteroatoms. The van der Waals surface area contributed by atoms with Crippen LogP contribution in [0.25, 0.3) is 0 Å². The van der Waals surface area contributed by atoms with E-state index in [1.165, 1.54) is 0 Å². The summed E-state index contributed by atoms with van der Waals surface area (Å²) >= 11 is 6.53. The summed E-state index contributed by atoms with van der Waals surface area (Å²) in [5.41, 5.74) is -0.900. The van der Waals surface area contributed by atoms with Gasteiger partial charge >= 0.3 is 6.09 Å². The van der Waals surface area contributed by atoms with Crippen LogP contribution >= 0.6 is 11.6 Å². The van der Waals surface area contributed by atoms with E-state index in [9.17, 15) is 4.79 Å². The van der Waals surface area contributed by atoms with Gasteiger partial charge in [-0.25, -0.2) is 4.79 Å². The van der Waals surface area contributed by atoms with Gasteiger partial charge in [0.25, 0.3) is 0 Å². The molecule has 1 rings (SSSR count). The van der Waals surface area contributed by atoms with Crippen molar-refractivity contribution in [2.75, 3.05) is 0 Å². The normalized spacial score (nSPS) is 21.6. The van der Waals surface area contributed by atoms with Crippen LogP contribution in [0.1, 0.15) is 47.0 Å². The number of carbonyl (C=O) groups is 1. The first-order valence-electron chi connectivity index (χ1n) is 9.40. The summed E-state index contributed by atoms with van der Waals surface area (Å²) in [6.07, 6.45) is 9.49. The topological polar surface area (TPSA) is 47.6 Å². The van der Waals surface area contributed by atoms with Crippen molar-refractivity contribution in [3.63, 3.8) is 0 Å². The van der Waals surface area contributed by atoms with E-state index in [2.05, 4.69) is 31.5 Å². The summed E-state index contributed by atoms with van der Waals surface area (Å²) in [6, 6.07) is 0. The van der Waals surface area contributed by atoms with Crippen molar-refractivity contribution in [3.05, 3.63) is 47.2 Å². The lowest BCUT2D eigenvalue weighted by atomic mass is 9.79. The van der Waals surface area contributed by atoms with Crippen LogP contribution in [0.5, 0.6) is 0 Å². The van der Waals surface area contributed by atoms with E-state index in [0.29, 0.717) is 17.0 Å². The van der Waals surface area contributed by atoms with Gasteiger partial charge < -0.3 is 14.5 Å². The molecule has 27 heavy (non-hydrogen) atoms. The summed E-state index contributed by atoms with van der Waals surface area (Å²) in [7, 11) is -1.92. The molecule has 0 saturated carbocycles. The molecule has 1 aliphatic rings. The first kappa shape index (κ1) is 23.6. The molecule has 1 atom stereocenters. The molecule has 1 amide bonds. The Hall–Kier alpha value is -1.46. The molecule has 0 aromatic carbocycles. The fourth-order valence-electron chi connectivity index (χ4n) is 2.82. The Labute approximate surface area is 170 Å². The maximum atomic E-state index is 12.7. The lowest BCUT2D eigenvalue weighted by molar-refractivity contribution is 0.0462. The molecule has 0 bridgehead atoms. The molecule has 0 spiro atoms. The van der Waals surface area contributed by atoms with E-state index in [1.807, 2.05) is 45.9 Å². The number of hydrogen-bond donors (Lipinski definition) is 1. The fourth-order valence-corrected chi connectivity index (χ4v) is 3.97. The summed E-state index contributed by atoms with van der Waals surface area (Å²) in [4.78, 5) is 12.7. The van der Waals surface area contributed by atoms with Crippen LogP contribution < -0.4 is 5.32 Å². The maximum Gasteiger partial charge on any atom is 0.408 e. The first-order valence-corrected chi connectivity index (χ1v) is 13.2. The second-order valence-corrected chi connectivity index (χ2v) is 13.6. The Morgan fingerprint density at radius 2 is 2.00 bits per heavy atom. The van der Waals surface area contributed by atoms with Gasteiger partial charge in [-0.1, -0.05) is 30.3 Å². The molecule has 0 unspecified atom stereocenters. The first-order chi connectivity index (χ1) is 12.3. The van der Waals surface area contributed by atoms with Gasteiger partial charge in [-0.15, -0.1) is 0 Å². The Bertz CT molecular complexity index is 653. The largest absolute Gasteiger partial charge is 0.546 e. The summed E-state index contributed by atoms with van der Waals surface area (Å²) in [5.74, 6) is 0.718. The van der Waals surface area contributed by atoms with Gasteiger partial charge in [-0.05, 0) is 84.3 Å². The highest BCUT2D eigenvalue weighted by Crippen LogP contribution is 2.41. The molecule has 0 aromatic rings. The van der Waals surface area contributed by atoms with E-state index in [-0.39, 0.29) is 0 Å².